The van der Waals surface area contributed by atoms with Crippen LogP contribution in [0.5, 0.6) is 0 Å². The molecule has 0 atom stereocenters. The normalized spacial score (nSPS) is 19.1. The Kier molecular flexibility index (Phi) is 3.85. The van der Waals surface area contributed by atoms with Gasteiger partial charge in [-0.15, -0.1) is 0 Å². The van der Waals surface area contributed by atoms with Crippen molar-refractivity contribution in [2.45, 2.75) is 18.9 Å². The Hall–Kier alpha value is -1.48. The van der Waals surface area contributed by atoms with Crippen molar-refractivity contribution >= 4 is 21.5 Å². The second kappa shape index (κ2) is 5.25. The van der Waals surface area contributed by atoms with Crippen molar-refractivity contribution in [2.75, 3.05) is 22.2 Å². The van der Waals surface area contributed by atoms with Crippen molar-refractivity contribution in [3.8, 4) is 0 Å². The van der Waals surface area contributed by atoms with E-state index in [-0.39, 0.29) is 29.2 Å². The van der Waals surface area contributed by atoms with Gasteiger partial charge in [0.2, 0.25) is 0 Å². The summed E-state index contributed by atoms with van der Waals surface area (Å²) < 4.78 is 49.2. The quantitative estimate of drug-likeness (QED) is 0.558. The highest BCUT2D eigenvalue weighted by Crippen LogP contribution is 2.22. The van der Waals surface area contributed by atoms with Crippen LogP contribution in [0.2, 0.25) is 0 Å². The molecule has 0 saturated carbocycles. The molecule has 6 nitrogen and oxygen atoms in total. The van der Waals surface area contributed by atoms with Crippen molar-refractivity contribution in [3.05, 3.63) is 17.7 Å². The van der Waals surface area contributed by atoms with E-state index < -0.39 is 21.5 Å². The number of hydrazine groups is 1. The lowest BCUT2D eigenvalue weighted by atomic mass is 10.1. The van der Waals surface area contributed by atoms with Crippen LogP contribution >= 0.6 is 0 Å². The Balaban J connectivity index is 2.11. The Labute approximate surface area is 109 Å². The predicted octanol–water partition coefficient (Wildman–Crippen LogP) is 0.634. The lowest BCUT2D eigenvalue weighted by Crippen LogP contribution is -2.32. The molecule has 1 aromatic heterocycles. The Morgan fingerprint density at radius 1 is 1.21 bits per heavy atom. The molecule has 0 unspecified atom stereocenters. The minimum Gasteiger partial charge on any atom is -0.365 e. The van der Waals surface area contributed by atoms with Gasteiger partial charge in [0.15, 0.2) is 23.3 Å². The summed E-state index contributed by atoms with van der Waals surface area (Å²) in [5.74, 6) is 3.01. The largest absolute Gasteiger partial charge is 0.365 e. The van der Waals surface area contributed by atoms with E-state index in [1.807, 2.05) is 5.43 Å². The first-order valence-electron chi connectivity index (χ1n) is 5.71. The summed E-state index contributed by atoms with van der Waals surface area (Å²) >= 11 is 0. The first kappa shape index (κ1) is 13.9. The third-order valence-electron chi connectivity index (χ3n) is 2.96. The number of nitrogen functional groups attached to an aromatic ring is 1. The number of aromatic nitrogens is 1. The van der Waals surface area contributed by atoms with Gasteiger partial charge in [0.1, 0.15) is 9.84 Å². The number of sulfone groups is 1. The van der Waals surface area contributed by atoms with Gasteiger partial charge in [-0.05, 0) is 12.8 Å². The van der Waals surface area contributed by atoms with E-state index in [0.29, 0.717) is 18.9 Å². The van der Waals surface area contributed by atoms with E-state index in [2.05, 4.69) is 10.3 Å². The Bertz CT molecular complexity index is 565. The molecule has 19 heavy (non-hydrogen) atoms. The number of hydrogen-bond donors (Lipinski definition) is 3. The molecule has 0 aliphatic carbocycles. The van der Waals surface area contributed by atoms with E-state index in [1.54, 1.807) is 0 Å². The highest BCUT2D eigenvalue weighted by Gasteiger charge is 2.24. The van der Waals surface area contributed by atoms with Crippen LogP contribution in [0.3, 0.4) is 0 Å². The number of nitrogens with one attached hydrogen (secondary N) is 2. The number of hydrogen-bond acceptors (Lipinski definition) is 6. The van der Waals surface area contributed by atoms with Gasteiger partial charge < -0.3 is 10.7 Å². The minimum absolute atomic E-state index is 0.0511. The van der Waals surface area contributed by atoms with Gasteiger partial charge in [-0.25, -0.2) is 28.0 Å². The third kappa shape index (κ3) is 3.29. The monoisotopic (exact) mass is 292 g/mol. The lowest BCUT2D eigenvalue weighted by Gasteiger charge is -2.23. The maximum Gasteiger partial charge on any atom is 0.178 e. The van der Waals surface area contributed by atoms with Crippen LogP contribution in [0.25, 0.3) is 0 Å². The predicted molar refractivity (Wildman–Crippen MR) is 67.3 cm³/mol. The summed E-state index contributed by atoms with van der Waals surface area (Å²) in [6.07, 6.45) is 0.735. The number of nitrogens with two attached hydrogens (primary N) is 1. The van der Waals surface area contributed by atoms with Crippen molar-refractivity contribution in [2.24, 2.45) is 5.84 Å². The summed E-state index contributed by atoms with van der Waals surface area (Å²) in [5, 5.41) is 2.78. The molecule has 0 amide bonds. The zero-order valence-corrected chi connectivity index (χ0v) is 10.8. The summed E-state index contributed by atoms with van der Waals surface area (Å²) in [7, 11) is -2.98. The molecule has 0 aromatic carbocycles. The summed E-state index contributed by atoms with van der Waals surface area (Å²) in [5.41, 5.74) is 2.02. The second-order valence-corrected chi connectivity index (χ2v) is 6.67. The van der Waals surface area contributed by atoms with Crippen molar-refractivity contribution in [3.63, 3.8) is 0 Å². The number of anilines is 2. The van der Waals surface area contributed by atoms with Gasteiger partial charge in [0.05, 0.1) is 11.5 Å². The fourth-order valence-electron chi connectivity index (χ4n) is 1.90. The molecule has 0 bridgehead atoms. The molecule has 9 heteroatoms. The van der Waals surface area contributed by atoms with Gasteiger partial charge in [0.25, 0.3) is 0 Å². The zero-order valence-electron chi connectivity index (χ0n) is 9.99. The highest BCUT2D eigenvalue weighted by atomic mass is 32.2. The van der Waals surface area contributed by atoms with E-state index in [1.165, 1.54) is 0 Å². The fraction of sp³-hybridized carbons (Fsp3) is 0.500. The van der Waals surface area contributed by atoms with E-state index in [0.717, 1.165) is 0 Å². The summed E-state index contributed by atoms with van der Waals surface area (Å²) in [6.45, 7) is 0. The van der Waals surface area contributed by atoms with Crippen LogP contribution in [0.15, 0.2) is 6.07 Å². The van der Waals surface area contributed by atoms with Crippen molar-refractivity contribution < 1.29 is 17.2 Å². The molecule has 106 valence electrons. The van der Waals surface area contributed by atoms with Gasteiger partial charge in [0, 0.05) is 12.1 Å². The smallest absolute Gasteiger partial charge is 0.178 e. The molecule has 4 N–H and O–H groups in total. The van der Waals surface area contributed by atoms with Crippen LogP contribution in [0.1, 0.15) is 12.8 Å². The molecule has 2 rings (SSSR count). The van der Waals surface area contributed by atoms with E-state index in [9.17, 15) is 17.2 Å². The van der Waals surface area contributed by atoms with Crippen LogP contribution in [0.4, 0.5) is 20.4 Å². The molecule has 2 heterocycles. The van der Waals surface area contributed by atoms with E-state index in [4.69, 9.17) is 5.84 Å². The average Bonchev–Trinajstić information content (AvgIpc) is 2.35. The maximum atomic E-state index is 13.5. The Morgan fingerprint density at radius 3 is 2.37 bits per heavy atom. The molecule has 1 aliphatic rings. The standard InChI is InChI=1S/C10H14F2N4O2S/c11-7-5-8(12)10(16-13)15-9(7)14-6-1-3-19(17,18)4-2-6/h5-6H,1-4,13H2,(H2,14,15,16). The van der Waals surface area contributed by atoms with Crippen LogP contribution < -0.4 is 16.6 Å². The van der Waals surface area contributed by atoms with Gasteiger partial charge in [-0.3, -0.25) is 0 Å². The van der Waals surface area contributed by atoms with Gasteiger partial charge in [-0.1, -0.05) is 0 Å². The molecule has 1 aliphatic heterocycles. The Morgan fingerprint density at radius 2 is 1.79 bits per heavy atom. The lowest BCUT2D eigenvalue weighted by molar-refractivity contribution is 0.551. The highest BCUT2D eigenvalue weighted by molar-refractivity contribution is 7.91. The van der Waals surface area contributed by atoms with Crippen molar-refractivity contribution in [1.82, 2.24) is 4.98 Å². The molecule has 1 aromatic rings. The van der Waals surface area contributed by atoms with Crippen LogP contribution in [-0.4, -0.2) is 30.9 Å². The number of pyridine rings is 1. The molecule has 1 fully saturated rings. The molecular formula is C10H14F2N4O2S. The maximum absolute atomic E-state index is 13.5. The van der Waals surface area contributed by atoms with Crippen LogP contribution in [0, 0.1) is 11.6 Å². The summed E-state index contributed by atoms with van der Waals surface area (Å²) in [6, 6.07) is 0.464. The number of halogens is 2. The fourth-order valence-corrected chi connectivity index (χ4v) is 3.39. The number of nitrogens with zero attached hydrogens (tertiary/aromatic N) is 1. The van der Waals surface area contributed by atoms with E-state index >= 15 is 0 Å². The van der Waals surface area contributed by atoms with Gasteiger partial charge >= 0.3 is 0 Å². The molecular weight excluding hydrogens is 278 g/mol. The molecule has 1 saturated heterocycles. The minimum atomic E-state index is -2.98. The third-order valence-corrected chi connectivity index (χ3v) is 4.68. The topological polar surface area (TPSA) is 97.1 Å². The number of rotatable bonds is 3. The first-order valence-corrected chi connectivity index (χ1v) is 7.53. The SMILES string of the molecule is NNc1nc(NC2CCS(=O)(=O)CC2)c(F)cc1F. The summed E-state index contributed by atoms with van der Waals surface area (Å²) in [4.78, 5) is 3.67. The van der Waals surface area contributed by atoms with Crippen molar-refractivity contribution in [1.29, 1.82) is 0 Å². The zero-order chi connectivity index (χ0) is 14.0. The second-order valence-electron chi connectivity index (χ2n) is 4.36. The molecule has 0 radical (unpaired) electrons. The van der Waals surface area contributed by atoms with Crippen LogP contribution in [-0.2, 0) is 9.84 Å². The first-order chi connectivity index (χ1) is 8.91. The molecule has 0 spiro atoms. The average molecular weight is 292 g/mol. The van der Waals surface area contributed by atoms with Gasteiger partial charge in [-0.2, -0.15) is 0 Å².